The average molecular weight is 266 g/mol. The summed E-state index contributed by atoms with van der Waals surface area (Å²) in [5, 5.41) is 2.37. The van der Waals surface area contributed by atoms with Crippen LogP contribution in [0.15, 0.2) is 48.0 Å². The lowest BCUT2D eigenvalue weighted by atomic mass is 9.83. The number of methoxy groups -OCH3 is 1. The molecule has 2 aromatic carbocycles. The van der Waals surface area contributed by atoms with Gasteiger partial charge in [-0.3, -0.25) is 4.79 Å². The molecule has 1 aliphatic rings. The molecule has 0 aliphatic heterocycles. The van der Waals surface area contributed by atoms with Crippen molar-refractivity contribution in [3.05, 3.63) is 53.6 Å². The summed E-state index contributed by atoms with van der Waals surface area (Å²) in [6.07, 6.45) is 3.38. The van der Waals surface area contributed by atoms with Crippen LogP contribution in [0.4, 0.5) is 0 Å². The molecule has 2 aromatic rings. The highest BCUT2D eigenvalue weighted by molar-refractivity contribution is 5.92. The zero-order valence-electron chi connectivity index (χ0n) is 11.8. The second kappa shape index (κ2) is 5.12. The van der Waals surface area contributed by atoms with E-state index in [1.54, 1.807) is 13.2 Å². The Labute approximate surface area is 119 Å². The summed E-state index contributed by atoms with van der Waals surface area (Å²) in [6.45, 7) is 2.04. The van der Waals surface area contributed by atoms with Crippen molar-refractivity contribution in [2.75, 3.05) is 7.11 Å². The minimum Gasteiger partial charge on any atom is -0.497 e. The molecule has 0 spiro atoms. The Bertz CT molecular complexity index is 698. The van der Waals surface area contributed by atoms with Gasteiger partial charge in [-0.15, -0.1) is 0 Å². The fraction of sp³-hybridized carbons (Fsp3) is 0.278. The number of hydrogen-bond acceptors (Lipinski definition) is 2. The largest absolute Gasteiger partial charge is 0.497 e. The van der Waals surface area contributed by atoms with Gasteiger partial charge in [-0.25, -0.2) is 0 Å². The van der Waals surface area contributed by atoms with Gasteiger partial charge in [-0.2, -0.15) is 0 Å². The molecule has 0 amide bonds. The number of ketones is 1. The van der Waals surface area contributed by atoms with Crippen LogP contribution in [0.2, 0.25) is 0 Å². The average Bonchev–Trinajstić information content (AvgIpc) is 2.45. The number of carbonyl (C=O) groups excluding carboxylic acids is 1. The lowest BCUT2D eigenvalue weighted by molar-refractivity contribution is -0.115. The van der Waals surface area contributed by atoms with Crippen molar-refractivity contribution in [1.82, 2.24) is 0 Å². The lowest BCUT2D eigenvalue weighted by Crippen LogP contribution is -2.11. The minimum absolute atomic E-state index is 0.244. The smallest absolute Gasteiger partial charge is 0.156 e. The number of carbonyl (C=O) groups is 1. The standard InChI is InChI=1S/C18H18O2/c1-12-7-16(10-17(19)8-12)14-3-4-15-11-18(20-2)6-5-13(15)9-14/h3-6,8-9,11,16H,7,10H2,1-2H3. The molecule has 0 bridgehead atoms. The van der Waals surface area contributed by atoms with Crippen LogP contribution in [0.1, 0.15) is 31.2 Å². The predicted molar refractivity (Wildman–Crippen MR) is 81.2 cm³/mol. The van der Waals surface area contributed by atoms with Gasteiger partial charge in [0, 0.05) is 6.42 Å². The van der Waals surface area contributed by atoms with E-state index in [-0.39, 0.29) is 5.78 Å². The summed E-state index contributed by atoms with van der Waals surface area (Å²) in [5.41, 5.74) is 2.43. The van der Waals surface area contributed by atoms with Crippen LogP contribution in [0.25, 0.3) is 10.8 Å². The third-order valence-corrected chi connectivity index (χ3v) is 3.97. The number of rotatable bonds is 2. The van der Waals surface area contributed by atoms with E-state index in [0.717, 1.165) is 12.2 Å². The lowest BCUT2D eigenvalue weighted by Gasteiger charge is -2.21. The Balaban J connectivity index is 1.97. The van der Waals surface area contributed by atoms with Crippen LogP contribution in [0, 0.1) is 0 Å². The minimum atomic E-state index is 0.244. The molecule has 1 aliphatic carbocycles. The molecule has 0 saturated carbocycles. The normalized spacial score (nSPS) is 19.0. The highest BCUT2D eigenvalue weighted by Gasteiger charge is 2.20. The second-order valence-corrected chi connectivity index (χ2v) is 5.53. The van der Waals surface area contributed by atoms with E-state index in [1.807, 2.05) is 19.1 Å². The quantitative estimate of drug-likeness (QED) is 0.812. The van der Waals surface area contributed by atoms with E-state index in [2.05, 4.69) is 24.3 Å². The van der Waals surface area contributed by atoms with Crippen LogP contribution in [-0.4, -0.2) is 12.9 Å². The highest BCUT2D eigenvalue weighted by atomic mass is 16.5. The van der Waals surface area contributed by atoms with E-state index in [4.69, 9.17) is 4.74 Å². The molecule has 0 heterocycles. The van der Waals surface area contributed by atoms with Gasteiger partial charge in [-0.05, 0) is 53.8 Å². The third-order valence-electron chi connectivity index (χ3n) is 3.97. The van der Waals surface area contributed by atoms with Crippen LogP contribution < -0.4 is 4.74 Å². The molecule has 1 unspecified atom stereocenters. The van der Waals surface area contributed by atoms with Crippen molar-refractivity contribution >= 4 is 16.6 Å². The van der Waals surface area contributed by atoms with Gasteiger partial charge >= 0.3 is 0 Å². The van der Waals surface area contributed by atoms with Gasteiger partial charge in [0.15, 0.2) is 5.78 Å². The zero-order valence-corrected chi connectivity index (χ0v) is 11.8. The van der Waals surface area contributed by atoms with Gasteiger partial charge < -0.3 is 4.74 Å². The topological polar surface area (TPSA) is 26.3 Å². The summed E-state index contributed by atoms with van der Waals surface area (Å²) >= 11 is 0. The van der Waals surface area contributed by atoms with Crippen LogP contribution >= 0.6 is 0 Å². The van der Waals surface area contributed by atoms with Crippen molar-refractivity contribution in [3.8, 4) is 5.75 Å². The molecular formula is C18H18O2. The summed E-state index contributed by atoms with van der Waals surface area (Å²) in [6, 6.07) is 12.5. The summed E-state index contributed by atoms with van der Waals surface area (Å²) < 4.78 is 5.24. The molecule has 0 radical (unpaired) electrons. The third kappa shape index (κ3) is 2.46. The Kier molecular flexibility index (Phi) is 3.31. The van der Waals surface area contributed by atoms with Gasteiger partial charge in [0.05, 0.1) is 7.11 Å². The number of benzene rings is 2. The van der Waals surface area contributed by atoms with Gasteiger partial charge in [-0.1, -0.05) is 29.8 Å². The number of allylic oxidation sites excluding steroid dienone is 2. The molecule has 2 nitrogen and oxygen atoms in total. The van der Waals surface area contributed by atoms with E-state index in [0.29, 0.717) is 12.3 Å². The highest BCUT2D eigenvalue weighted by Crippen LogP contribution is 2.33. The fourth-order valence-electron chi connectivity index (χ4n) is 2.96. The fourth-order valence-corrected chi connectivity index (χ4v) is 2.96. The Morgan fingerprint density at radius 3 is 2.55 bits per heavy atom. The van der Waals surface area contributed by atoms with Crippen molar-refractivity contribution in [3.63, 3.8) is 0 Å². The molecule has 0 saturated heterocycles. The molecule has 0 fully saturated rings. The van der Waals surface area contributed by atoms with E-state index in [1.165, 1.54) is 21.9 Å². The van der Waals surface area contributed by atoms with Gasteiger partial charge in [0.25, 0.3) is 0 Å². The molecule has 0 N–H and O–H groups in total. The van der Waals surface area contributed by atoms with Crippen molar-refractivity contribution < 1.29 is 9.53 Å². The Hall–Kier alpha value is -2.09. The molecule has 0 aromatic heterocycles. The molecule has 102 valence electrons. The first kappa shape index (κ1) is 12.9. The molecule has 20 heavy (non-hydrogen) atoms. The zero-order chi connectivity index (χ0) is 14.1. The summed E-state index contributed by atoms with van der Waals surface area (Å²) in [7, 11) is 1.68. The van der Waals surface area contributed by atoms with Crippen molar-refractivity contribution in [2.45, 2.75) is 25.7 Å². The maximum absolute atomic E-state index is 11.7. The van der Waals surface area contributed by atoms with E-state index >= 15 is 0 Å². The van der Waals surface area contributed by atoms with E-state index < -0.39 is 0 Å². The second-order valence-electron chi connectivity index (χ2n) is 5.53. The first-order valence-corrected chi connectivity index (χ1v) is 6.93. The van der Waals surface area contributed by atoms with Crippen LogP contribution in [-0.2, 0) is 4.79 Å². The number of hydrogen-bond donors (Lipinski definition) is 0. The number of ether oxygens (including phenoxy) is 1. The summed E-state index contributed by atoms with van der Waals surface area (Å²) in [4.78, 5) is 11.7. The molecule has 2 heteroatoms. The number of fused-ring (bicyclic) bond motifs is 1. The maximum Gasteiger partial charge on any atom is 0.156 e. The molecule has 1 atom stereocenters. The Morgan fingerprint density at radius 2 is 1.80 bits per heavy atom. The van der Waals surface area contributed by atoms with Crippen LogP contribution in [0.5, 0.6) is 5.75 Å². The molecule has 3 rings (SSSR count). The van der Waals surface area contributed by atoms with E-state index in [9.17, 15) is 4.79 Å². The Morgan fingerprint density at radius 1 is 1.05 bits per heavy atom. The first-order valence-electron chi connectivity index (χ1n) is 6.93. The van der Waals surface area contributed by atoms with Crippen molar-refractivity contribution in [1.29, 1.82) is 0 Å². The first-order chi connectivity index (χ1) is 9.65. The maximum atomic E-state index is 11.7. The van der Waals surface area contributed by atoms with Crippen molar-refractivity contribution in [2.24, 2.45) is 0 Å². The summed E-state index contributed by atoms with van der Waals surface area (Å²) in [5.74, 6) is 1.43. The van der Waals surface area contributed by atoms with Gasteiger partial charge in [0.1, 0.15) is 5.75 Å². The monoisotopic (exact) mass is 266 g/mol. The van der Waals surface area contributed by atoms with Crippen LogP contribution in [0.3, 0.4) is 0 Å². The SMILES string of the molecule is COc1ccc2cc(C3CC(=O)C=C(C)C3)ccc2c1. The molecular weight excluding hydrogens is 248 g/mol. The predicted octanol–water partition coefficient (Wildman–Crippen LogP) is 4.24. The van der Waals surface area contributed by atoms with Gasteiger partial charge in [0.2, 0.25) is 0 Å².